The molecule has 0 aliphatic heterocycles. The molecule has 11 heavy (non-hydrogen) atoms. The molecule has 0 saturated carbocycles. The molecule has 0 fully saturated rings. The molecule has 0 aliphatic carbocycles. The number of rotatable bonds is 1. The number of aryl methyl sites for hydroxylation is 2. The van der Waals surface area contributed by atoms with Gasteiger partial charge in [0, 0.05) is 12.1 Å². The lowest BCUT2D eigenvalue weighted by molar-refractivity contribution is 0.392. The van der Waals surface area contributed by atoms with Crippen molar-refractivity contribution in [1.82, 2.24) is 5.16 Å². The molecule has 66 valence electrons. The third-order valence-electron chi connectivity index (χ3n) is 1.39. The predicted octanol–water partition coefficient (Wildman–Crippen LogP) is 1.91. The summed E-state index contributed by atoms with van der Waals surface area (Å²) in [6.45, 7) is 4.27. The highest BCUT2D eigenvalue weighted by molar-refractivity contribution is 8.93. The average molecular weight is 288 g/mol. The van der Waals surface area contributed by atoms with Gasteiger partial charge in [0.1, 0.15) is 5.76 Å². The van der Waals surface area contributed by atoms with E-state index in [9.17, 15) is 0 Å². The number of nitrogens with two attached hydrogens (primary N) is 1. The Hall–Kier alpha value is 0.130. The third-order valence-corrected chi connectivity index (χ3v) is 1.39. The minimum absolute atomic E-state index is 0. The molecule has 0 bridgehead atoms. The van der Waals surface area contributed by atoms with Gasteiger partial charge in [0.05, 0.1) is 5.69 Å². The maximum atomic E-state index is 5.40. The second kappa shape index (κ2) is 5.74. The summed E-state index contributed by atoms with van der Waals surface area (Å²) >= 11 is 0. The van der Waals surface area contributed by atoms with Gasteiger partial charge in [0.2, 0.25) is 0 Å². The van der Waals surface area contributed by atoms with E-state index in [0.717, 1.165) is 17.0 Å². The summed E-state index contributed by atoms with van der Waals surface area (Å²) in [7, 11) is 0. The lowest BCUT2D eigenvalue weighted by Crippen LogP contribution is -1.97. The van der Waals surface area contributed by atoms with Crippen LogP contribution in [0.15, 0.2) is 4.52 Å². The first kappa shape index (κ1) is 13.7. The van der Waals surface area contributed by atoms with Crippen LogP contribution in [0.1, 0.15) is 17.0 Å². The molecular formula is C6H12Br2N2O. The molecule has 0 aliphatic rings. The van der Waals surface area contributed by atoms with Crippen molar-refractivity contribution in [2.45, 2.75) is 20.4 Å². The van der Waals surface area contributed by atoms with Crippen LogP contribution in [0.5, 0.6) is 0 Å². The lowest BCUT2D eigenvalue weighted by atomic mass is 10.2. The van der Waals surface area contributed by atoms with Crippen LogP contribution in [0, 0.1) is 13.8 Å². The highest BCUT2D eigenvalue weighted by Crippen LogP contribution is 2.09. The molecule has 3 nitrogen and oxygen atoms in total. The van der Waals surface area contributed by atoms with Gasteiger partial charge in [-0.15, -0.1) is 34.0 Å². The van der Waals surface area contributed by atoms with Gasteiger partial charge in [-0.3, -0.25) is 0 Å². The van der Waals surface area contributed by atoms with Crippen molar-refractivity contribution in [1.29, 1.82) is 0 Å². The van der Waals surface area contributed by atoms with Gasteiger partial charge in [-0.05, 0) is 13.8 Å². The first-order chi connectivity index (χ1) is 4.25. The number of aromatic nitrogens is 1. The molecule has 0 atom stereocenters. The number of hydrogen-bond acceptors (Lipinski definition) is 3. The minimum atomic E-state index is 0. The van der Waals surface area contributed by atoms with Gasteiger partial charge < -0.3 is 10.3 Å². The van der Waals surface area contributed by atoms with Gasteiger partial charge in [0.25, 0.3) is 0 Å². The van der Waals surface area contributed by atoms with Crippen molar-refractivity contribution in [3.63, 3.8) is 0 Å². The molecule has 0 saturated heterocycles. The van der Waals surface area contributed by atoms with Crippen LogP contribution in [0.25, 0.3) is 0 Å². The standard InChI is InChI=1S/C6H10N2O.2BrH/c1-4-6(3-7)5(2)9-8-4;;/h3,7H2,1-2H3;2*1H. The quantitative estimate of drug-likeness (QED) is 0.858. The smallest absolute Gasteiger partial charge is 0.138 e. The predicted molar refractivity (Wildman–Crippen MR) is 54.5 cm³/mol. The van der Waals surface area contributed by atoms with Crippen molar-refractivity contribution in [3.8, 4) is 0 Å². The number of hydrogen-bond donors (Lipinski definition) is 1. The first-order valence-electron chi connectivity index (χ1n) is 2.87. The molecule has 0 spiro atoms. The largest absolute Gasteiger partial charge is 0.361 e. The Kier molecular flexibility index (Phi) is 7.15. The normalized spacial score (nSPS) is 8.27. The van der Waals surface area contributed by atoms with E-state index in [4.69, 9.17) is 10.3 Å². The Morgan fingerprint density at radius 3 is 2.09 bits per heavy atom. The summed E-state index contributed by atoms with van der Waals surface area (Å²) in [6.07, 6.45) is 0. The fraction of sp³-hybridized carbons (Fsp3) is 0.500. The zero-order valence-electron chi connectivity index (χ0n) is 6.46. The van der Waals surface area contributed by atoms with Gasteiger partial charge in [-0.2, -0.15) is 0 Å². The van der Waals surface area contributed by atoms with Crippen LogP contribution in [-0.4, -0.2) is 5.16 Å². The SMILES string of the molecule is Br.Br.Cc1noc(C)c1CN. The minimum Gasteiger partial charge on any atom is -0.361 e. The lowest BCUT2D eigenvalue weighted by Gasteiger charge is -1.88. The van der Waals surface area contributed by atoms with Crippen LogP contribution >= 0.6 is 34.0 Å². The Bertz CT molecular complexity index is 193. The van der Waals surface area contributed by atoms with E-state index >= 15 is 0 Å². The van der Waals surface area contributed by atoms with E-state index in [0.29, 0.717) is 6.54 Å². The second-order valence-electron chi connectivity index (χ2n) is 2.01. The monoisotopic (exact) mass is 286 g/mol. The Labute approximate surface area is 86.9 Å². The van der Waals surface area contributed by atoms with Crippen LogP contribution in [-0.2, 0) is 6.54 Å². The second-order valence-corrected chi connectivity index (χ2v) is 2.01. The van der Waals surface area contributed by atoms with Crippen molar-refractivity contribution >= 4 is 34.0 Å². The highest BCUT2D eigenvalue weighted by Gasteiger charge is 2.04. The number of nitrogens with zero attached hydrogens (tertiary/aromatic N) is 1. The molecule has 0 radical (unpaired) electrons. The van der Waals surface area contributed by atoms with E-state index < -0.39 is 0 Å². The molecule has 0 aromatic carbocycles. The Morgan fingerprint density at radius 1 is 1.36 bits per heavy atom. The molecular weight excluding hydrogens is 276 g/mol. The first-order valence-corrected chi connectivity index (χ1v) is 2.87. The van der Waals surface area contributed by atoms with E-state index in [-0.39, 0.29) is 34.0 Å². The van der Waals surface area contributed by atoms with Crippen LogP contribution in [0.2, 0.25) is 0 Å². The molecule has 5 heteroatoms. The zero-order valence-corrected chi connectivity index (χ0v) is 9.88. The van der Waals surface area contributed by atoms with Crippen molar-refractivity contribution in [2.75, 3.05) is 0 Å². The summed E-state index contributed by atoms with van der Waals surface area (Å²) in [5.74, 6) is 0.829. The number of halogens is 2. The fourth-order valence-corrected chi connectivity index (χ4v) is 0.793. The maximum absolute atomic E-state index is 5.40. The molecule has 2 N–H and O–H groups in total. The fourth-order valence-electron chi connectivity index (χ4n) is 0.793. The third kappa shape index (κ3) is 2.92. The average Bonchev–Trinajstić information content (AvgIpc) is 2.12. The summed E-state index contributed by atoms with van der Waals surface area (Å²) < 4.78 is 4.86. The zero-order chi connectivity index (χ0) is 6.85. The van der Waals surface area contributed by atoms with E-state index in [1.54, 1.807) is 0 Å². The summed E-state index contributed by atoms with van der Waals surface area (Å²) in [4.78, 5) is 0. The molecule has 0 amide bonds. The van der Waals surface area contributed by atoms with E-state index in [2.05, 4.69) is 5.16 Å². The van der Waals surface area contributed by atoms with Crippen molar-refractivity contribution in [3.05, 3.63) is 17.0 Å². The summed E-state index contributed by atoms with van der Waals surface area (Å²) in [5, 5.41) is 3.73. The van der Waals surface area contributed by atoms with Gasteiger partial charge >= 0.3 is 0 Å². The van der Waals surface area contributed by atoms with Crippen LogP contribution < -0.4 is 5.73 Å². The van der Waals surface area contributed by atoms with Crippen molar-refractivity contribution in [2.24, 2.45) is 5.73 Å². The molecule has 1 aromatic heterocycles. The molecule has 0 unspecified atom stereocenters. The van der Waals surface area contributed by atoms with Crippen LogP contribution in [0.3, 0.4) is 0 Å². The summed E-state index contributed by atoms with van der Waals surface area (Å²) in [5.41, 5.74) is 7.32. The van der Waals surface area contributed by atoms with E-state index in [1.165, 1.54) is 0 Å². The molecule has 1 aromatic rings. The molecule has 1 rings (SSSR count). The highest BCUT2D eigenvalue weighted by atomic mass is 79.9. The van der Waals surface area contributed by atoms with Gasteiger partial charge in [-0.25, -0.2) is 0 Å². The van der Waals surface area contributed by atoms with E-state index in [1.807, 2.05) is 13.8 Å². The summed E-state index contributed by atoms with van der Waals surface area (Å²) in [6, 6.07) is 0. The maximum Gasteiger partial charge on any atom is 0.138 e. The Balaban J connectivity index is 0. The topological polar surface area (TPSA) is 52.0 Å². The van der Waals surface area contributed by atoms with Gasteiger partial charge in [-0.1, -0.05) is 5.16 Å². The molecule has 1 heterocycles. The van der Waals surface area contributed by atoms with Gasteiger partial charge in [0.15, 0.2) is 0 Å². The van der Waals surface area contributed by atoms with Crippen LogP contribution in [0.4, 0.5) is 0 Å². The Morgan fingerprint density at radius 2 is 1.91 bits per heavy atom. The van der Waals surface area contributed by atoms with Crippen molar-refractivity contribution < 1.29 is 4.52 Å².